The van der Waals surface area contributed by atoms with Crippen molar-refractivity contribution in [2.24, 2.45) is 5.92 Å². The maximum Gasteiger partial charge on any atom is 0.309 e. The fraction of sp³-hybridized carbons (Fsp3) is 0.250. The molecule has 0 bridgehead atoms. The van der Waals surface area contributed by atoms with Crippen LogP contribution in [-0.2, 0) is 14.3 Å². The van der Waals surface area contributed by atoms with E-state index < -0.39 is 24.3 Å². The summed E-state index contributed by atoms with van der Waals surface area (Å²) in [5, 5.41) is 8.93. The van der Waals surface area contributed by atoms with E-state index in [1.807, 2.05) is 42.5 Å². The molecule has 0 saturated heterocycles. The molecule has 0 radical (unpaired) electrons. The number of ether oxygens (including phenoxy) is 1. The zero-order chi connectivity index (χ0) is 18.2. The van der Waals surface area contributed by atoms with Crippen LogP contribution in [0.15, 0.2) is 54.6 Å². The van der Waals surface area contributed by atoms with Crippen molar-refractivity contribution in [2.75, 3.05) is 6.61 Å². The molecule has 0 amide bonds. The second-order valence-electron chi connectivity index (χ2n) is 5.62. The molecule has 0 aliphatic heterocycles. The highest BCUT2D eigenvalue weighted by Crippen LogP contribution is 2.21. The van der Waals surface area contributed by atoms with Crippen molar-refractivity contribution >= 4 is 17.7 Å². The first-order valence-electron chi connectivity index (χ1n) is 8.08. The molecule has 0 spiro atoms. The van der Waals surface area contributed by atoms with Gasteiger partial charge < -0.3 is 9.84 Å². The van der Waals surface area contributed by atoms with Gasteiger partial charge in [0.25, 0.3) is 0 Å². The van der Waals surface area contributed by atoms with Crippen molar-refractivity contribution in [3.63, 3.8) is 0 Å². The minimum Gasteiger partial charge on any atom is -0.481 e. The Bertz CT molecular complexity index is 734. The Morgan fingerprint density at radius 1 is 0.920 bits per heavy atom. The lowest BCUT2D eigenvalue weighted by molar-refractivity contribution is -0.152. The Labute approximate surface area is 146 Å². The number of hydrogen-bond acceptors (Lipinski definition) is 4. The number of hydrogen-bond donors (Lipinski definition) is 1. The van der Waals surface area contributed by atoms with Crippen molar-refractivity contribution in [1.82, 2.24) is 0 Å². The lowest BCUT2D eigenvalue weighted by Gasteiger charge is -2.13. The van der Waals surface area contributed by atoms with Gasteiger partial charge in [-0.2, -0.15) is 0 Å². The molecule has 0 aliphatic carbocycles. The van der Waals surface area contributed by atoms with Crippen LogP contribution < -0.4 is 0 Å². The predicted molar refractivity (Wildman–Crippen MR) is 93.2 cm³/mol. The molecule has 1 unspecified atom stereocenters. The quantitative estimate of drug-likeness (QED) is 0.587. The van der Waals surface area contributed by atoms with Gasteiger partial charge in [-0.3, -0.25) is 14.4 Å². The van der Waals surface area contributed by atoms with Crippen molar-refractivity contribution in [3.8, 4) is 11.1 Å². The molecule has 2 aromatic carbocycles. The van der Waals surface area contributed by atoms with Gasteiger partial charge >= 0.3 is 11.9 Å². The van der Waals surface area contributed by atoms with Gasteiger partial charge in [0, 0.05) is 12.0 Å². The van der Waals surface area contributed by atoms with E-state index in [-0.39, 0.29) is 18.8 Å². The normalized spacial score (nSPS) is 11.6. The van der Waals surface area contributed by atoms with Gasteiger partial charge in [0.1, 0.15) is 0 Å². The Balaban J connectivity index is 2.10. The standard InChI is InChI=1S/C20H20O5/c1-2-25-20(24)17(13-19(22)23)12-18(21)16-10-8-15(9-11-16)14-6-4-3-5-7-14/h3-11,17H,2,12-13H2,1H3,(H,22,23). The molecule has 25 heavy (non-hydrogen) atoms. The summed E-state index contributed by atoms with van der Waals surface area (Å²) in [6.45, 7) is 1.79. The van der Waals surface area contributed by atoms with E-state index in [1.54, 1.807) is 19.1 Å². The number of carboxylic acids is 1. The number of rotatable bonds is 8. The first kappa shape index (κ1) is 18.4. The summed E-state index contributed by atoms with van der Waals surface area (Å²) in [4.78, 5) is 35.2. The Morgan fingerprint density at radius 3 is 2.08 bits per heavy atom. The second kappa shape index (κ2) is 8.78. The highest BCUT2D eigenvalue weighted by atomic mass is 16.5. The summed E-state index contributed by atoms with van der Waals surface area (Å²) in [6.07, 6.45) is -0.609. The number of aliphatic carboxylic acids is 1. The first-order chi connectivity index (χ1) is 12.0. The van der Waals surface area contributed by atoms with E-state index in [0.29, 0.717) is 5.56 Å². The largest absolute Gasteiger partial charge is 0.481 e. The zero-order valence-electron chi connectivity index (χ0n) is 14.0. The Kier molecular flexibility index (Phi) is 6.46. The molecule has 2 rings (SSSR count). The lowest BCUT2D eigenvalue weighted by Crippen LogP contribution is -2.24. The Hall–Kier alpha value is -2.95. The molecule has 0 heterocycles. The van der Waals surface area contributed by atoms with Crippen LogP contribution in [0.3, 0.4) is 0 Å². The van der Waals surface area contributed by atoms with Crippen LogP contribution in [0, 0.1) is 5.92 Å². The van der Waals surface area contributed by atoms with Crippen LogP contribution in [0.25, 0.3) is 11.1 Å². The number of benzene rings is 2. The summed E-state index contributed by atoms with van der Waals surface area (Å²) in [6, 6.07) is 16.8. The van der Waals surface area contributed by atoms with Crippen LogP contribution in [0.4, 0.5) is 0 Å². The number of Topliss-reactive ketones (excluding diaryl/α,β-unsaturated/α-hetero) is 1. The van der Waals surface area contributed by atoms with Gasteiger partial charge in [0.05, 0.1) is 18.9 Å². The number of ketones is 1. The maximum atomic E-state index is 12.4. The highest BCUT2D eigenvalue weighted by Gasteiger charge is 2.26. The number of carbonyl (C=O) groups excluding carboxylic acids is 2. The number of esters is 1. The summed E-state index contributed by atoms with van der Waals surface area (Å²) in [5.41, 5.74) is 2.46. The molecule has 1 atom stereocenters. The SMILES string of the molecule is CCOC(=O)C(CC(=O)O)CC(=O)c1ccc(-c2ccccc2)cc1. The van der Waals surface area contributed by atoms with E-state index in [2.05, 4.69) is 0 Å². The fourth-order valence-electron chi connectivity index (χ4n) is 2.53. The topological polar surface area (TPSA) is 80.7 Å². The molecular weight excluding hydrogens is 320 g/mol. The predicted octanol–water partition coefficient (Wildman–Crippen LogP) is 3.58. The van der Waals surface area contributed by atoms with Gasteiger partial charge in [0.2, 0.25) is 0 Å². The fourth-order valence-corrected chi connectivity index (χ4v) is 2.53. The summed E-state index contributed by atoms with van der Waals surface area (Å²) >= 11 is 0. The molecule has 0 aliphatic rings. The van der Waals surface area contributed by atoms with E-state index in [1.165, 1.54) is 0 Å². The van der Waals surface area contributed by atoms with Crippen LogP contribution in [0.2, 0.25) is 0 Å². The molecule has 5 heteroatoms. The number of carboxylic acid groups (broad SMARTS) is 1. The first-order valence-corrected chi connectivity index (χ1v) is 8.08. The third-order valence-corrected chi connectivity index (χ3v) is 3.79. The molecule has 0 aromatic heterocycles. The summed E-state index contributed by atoms with van der Waals surface area (Å²) in [7, 11) is 0. The van der Waals surface area contributed by atoms with Crippen molar-refractivity contribution in [1.29, 1.82) is 0 Å². The van der Waals surface area contributed by atoms with Crippen LogP contribution in [-0.4, -0.2) is 29.4 Å². The minimum atomic E-state index is -1.13. The lowest BCUT2D eigenvalue weighted by atomic mass is 9.94. The van der Waals surface area contributed by atoms with Crippen LogP contribution >= 0.6 is 0 Å². The smallest absolute Gasteiger partial charge is 0.309 e. The molecule has 2 aromatic rings. The molecule has 5 nitrogen and oxygen atoms in total. The molecule has 1 N–H and O–H groups in total. The van der Waals surface area contributed by atoms with E-state index >= 15 is 0 Å². The molecule has 0 saturated carbocycles. The van der Waals surface area contributed by atoms with Crippen molar-refractivity contribution in [2.45, 2.75) is 19.8 Å². The third kappa shape index (κ3) is 5.28. The monoisotopic (exact) mass is 340 g/mol. The van der Waals surface area contributed by atoms with Gasteiger partial charge in [-0.25, -0.2) is 0 Å². The average molecular weight is 340 g/mol. The molecule has 130 valence electrons. The number of carbonyl (C=O) groups is 3. The summed E-state index contributed by atoms with van der Waals surface area (Å²) in [5.74, 6) is -3.04. The zero-order valence-corrected chi connectivity index (χ0v) is 14.0. The summed E-state index contributed by atoms with van der Waals surface area (Å²) < 4.78 is 4.86. The average Bonchev–Trinajstić information content (AvgIpc) is 2.62. The minimum absolute atomic E-state index is 0.148. The van der Waals surface area contributed by atoms with Crippen LogP contribution in [0.5, 0.6) is 0 Å². The van der Waals surface area contributed by atoms with E-state index in [0.717, 1.165) is 11.1 Å². The van der Waals surface area contributed by atoms with Crippen LogP contribution in [0.1, 0.15) is 30.1 Å². The molecule has 0 fully saturated rings. The van der Waals surface area contributed by atoms with Gasteiger partial charge in [0.15, 0.2) is 5.78 Å². The van der Waals surface area contributed by atoms with Gasteiger partial charge in [-0.15, -0.1) is 0 Å². The second-order valence-corrected chi connectivity index (χ2v) is 5.62. The highest BCUT2D eigenvalue weighted by molar-refractivity contribution is 5.99. The van der Waals surface area contributed by atoms with Crippen molar-refractivity contribution in [3.05, 3.63) is 60.2 Å². The maximum absolute atomic E-state index is 12.4. The Morgan fingerprint density at radius 2 is 1.52 bits per heavy atom. The van der Waals surface area contributed by atoms with E-state index in [4.69, 9.17) is 9.84 Å². The van der Waals surface area contributed by atoms with E-state index in [9.17, 15) is 14.4 Å². The van der Waals surface area contributed by atoms with Gasteiger partial charge in [-0.05, 0) is 18.1 Å². The third-order valence-electron chi connectivity index (χ3n) is 3.79. The van der Waals surface area contributed by atoms with Gasteiger partial charge in [-0.1, -0.05) is 54.6 Å². The molecular formula is C20H20O5. The van der Waals surface area contributed by atoms with Crippen molar-refractivity contribution < 1.29 is 24.2 Å².